The van der Waals surface area contributed by atoms with Crippen LogP contribution in [0.2, 0.25) is 0 Å². The number of carbonyl (C=O) groups excluding carboxylic acids is 1. The molecule has 0 fully saturated rings. The molecule has 0 aliphatic carbocycles. The molecule has 1 amide bonds. The summed E-state index contributed by atoms with van der Waals surface area (Å²) in [7, 11) is 1.55. The highest BCUT2D eigenvalue weighted by Crippen LogP contribution is 2.25. The summed E-state index contributed by atoms with van der Waals surface area (Å²) < 4.78 is 0. The van der Waals surface area contributed by atoms with Gasteiger partial charge in [0.05, 0.1) is 4.92 Å². The van der Waals surface area contributed by atoms with E-state index in [-0.39, 0.29) is 22.9 Å². The van der Waals surface area contributed by atoms with Gasteiger partial charge in [0.1, 0.15) is 5.75 Å². The number of nitro groups is 1. The number of aromatic hydroxyl groups is 1. The zero-order valence-corrected chi connectivity index (χ0v) is 11.6. The maximum Gasteiger partial charge on any atom is 0.273 e. The van der Waals surface area contributed by atoms with E-state index < -0.39 is 4.92 Å². The van der Waals surface area contributed by atoms with Crippen molar-refractivity contribution in [3.05, 3.63) is 63.7 Å². The summed E-state index contributed by atoms with van der Waals surface area (Å²) in [6.45, 7) is 1.54. The first-order valence-corrected chi connectivity index (χ1v) is 6.23. The monoisotopic (exact) mass is 286 g/mol. The van der Waals surface area contributed by atoms with Gasteiger partial charge in [-0.1, -0.05) is 12.1 Å². The number of nitrogens with zero attached hydrogens (tertiary/aromatic N) is 2. The summed E-state index contributed by atoms with van der Waals surface area (Å²) in [5, 5.41) is 20.4. The van der Waals surface area contributed by atoms with Crippen LogP contribution < -0.4 is 4.90 Å². The SMILES string of the molecule is Cc1c(C(=O)N(C)c2cccc(O)c2)cccc1[N+](=O)[O-]. The van der Waals surface area contributed by atoms with Gasteiger partial charge in [-0.15, -0.1) is 0 Å². The van der Waals surface area contributed by atoms with E-state index >= 15 is 0 Å². The molecule has 21 heavy (non-hydrogen) atoms. The number of benzene rings is 2. The summed E-state index contributed by atoms with van der Waals surface area (Å²) in [6, 6.07) is 10.6. The molecule has 2 aromatic rings. The molecule has 1 N–H and O–H groups in total. The van der Waals surface area contributed by atoms with E-state index in [1.165, 1.54) is 29.2 Å². The Hall–Kier alpha value is -2.89. The molecule has 0 spiro atoms. The van der Waals surface area contributed by atoms with E-state index in [1.807, 2.05) is 0 Å². The molecule has 0 saturated carbocycles. The number of hydrogen-bond acceptors (Lipinski definition) is 4. The Morgan fingerprint density at radius 1 is 1.24 bits per heavy atom. The lowest BCUT2D eigenvalue weighted by Gasteiger charge is -2.18. The molecular weight excluding hydrogens is 272 g/mol. The molecular formula is C15H14N2O4. The van der Waals surface area contributed by atoms with Gasteiger partial charge in [0.25, 0.3) is 11.6 Å². The van der Waals surface area contributed by atoms with Gasteiger partial charge in [-0.05, 0) is 25.1 Å². The van der Waals surface area contributed by atoms with Crippen molar-refractivity contribution in [3.63, 3.8) is 0 Å². The summed E-state index contributed by atoms with van der Waals surface area (Å²) in [6.07, 6.45) is 0. The summed E-state index contributed by atoms with van der Waals surface area (Å²) in [4.78, 5) is 24.2. The van der Waals surface area contributed by atoms with Crippen LogP contribution in [0.1, 0.15) is 15.9 Å². The van der Waals surface area contributed by atoms with Crippen molar-refractivity contribution in [3.8, 4) is 5.75 Å². The van der Waals surface area contributed by atoms with Crippen molar-refractivity contribution in [2.24, 2.45) is 0 Å². The Kier molecular flexibility index (Phi) is 3.89. The van der Waals surface area contributed by atoms with Crippen LogP contribution >= 0.6 is 0 Å². The van der Waals surface area contributed by atoms with Crippen molar-refractivity contribution in [1.82, 2.24) is 0 Å². The number of phenolic OH excluding ortho intramolecular Hbond substituents is 1. The van der Waals surface area contributed by atoms with E-state index in [1.54, 1.807) is 32.2 Å². The van der Waals surface area contributed by atoms with E-state index in [9.17, 15) is 20.0 Å². The van der Waals surface area contributed by atoms with Gasteiger partial charge in [-0.25, -0.2) is 0 Å². The zero-order chi connectivity index (χ0) is 15.6. The number of rotatable bonds is 3. The summed E-state index contributed by atoms with van der Waals surface area (Å²) >= 11 is 0. The van der Waals surface area contributed by atoms with E-state index in [2.05, 4.69) is 0 Å². The average Bonchev–Trinajstić information content (AvgIpc) is 2.45. The first kappa shape index (κ1) is 14.5. The smallest absolute Gasteiger partial charge is 0.273 e. The number of amides is 1. The molecule has 0 heterocycles. The highest BCUT2D eigenvalue weighted by Gasteiger charge is 2.21. The molecule has 0 atom stereocenters. The van der Waals surface area contributed by atoms with Crippen LogP contribution in [0.15, 0.2) is 42.5 Å². The second-order valence-corrected chi connectivity index (χ2v) is 4.59. The Bertz CT molecular complexity index is 713. The van der Waals surface area contributed by atoms with Crippen LogP contribution in [-0.4, -0.2) is 23.0 Å². The number of hydrogen-bond donors (Lipinski definition) is 1. The van der Waals surface area contributed by atoms with Crippen molar-refractivity contribution in [2.75, 3.05) is 11.9 Å². The van der Waals surface area contributed by atoms with Gasteiger partial charge in [-0.2, -0.15) is 0 Å². The highest BCUT2D eigenvalue weighted by molar-refractivity contribution is 6.07. The van der Waals surface area contributed by atoms with Crippen LogP contribution in [0, 0.1) is 17.0 Å². The second-order valence-electron chi connectivity index (χ2n) is 4.59. The maximum absolute atomic E-state index is 12.5. The molecule has 2 rings (SSSR count). The normalized spacial score (nSPS) is 10.2. The topological polar surface area (TPSA) is 83.7 Å². The van der Waals surface area contributed by atoms with Crippen molar-refractivity contribution in [2.45, 2.75) is 6.92 Å². The van der Waals surface area contributed by atoms with Gasteiger partial charge in [-0.3, -0.25) is 14.9 Å². The predicted molar refractivity (Wildman–Crippen MR) is 78.7 cm³/mol. The lowest BCUT2D eigenvalue weighted by atomic mass is 10.1. The van der Waals surface area contributed by atoms with Gasteiger partial charge in [0.15, 0.2) is 0 Å². The molecule has 6 nitrogen and oxygen atoms in total. The molecule has 0 aliphatic rings. The van der Waals surface area contributed by atoms with Crippen LogP contribution in [0.3, 0.4) is 0 Å². The van der Waals surface area contributed by atoms with Gasteiger partial charge in [0.2, 0.25) is 0 Å². The molecule has 0 unspecified atom stereocenters. The fourth-order valence-electron chi connectivity index (χ4n) is 2.05. The fraction of sp³-hybridized carbons (Fsp3) is 0.133. The zero-order valence-electron chi connectivity index (χ0n) is 11.6. The van der Waals surface area contributed by atoms with Crippen molar-refractivity contribution < 1.29 is 14.8 Å². The maximum atomic E-state index is 12.5. The highest BCUT2D eigenvalue weighted by atomic mass is 16.6. The summed E-state index contributed by atoms with van der Waals surface area (Å²) in [5.41, 5.74) is 0.991. The third-order valence-electron chi connectivity index (χ3n) is 3.25. The second kappa shape index (κ2) is 5.62. The van der Waals surface area contributed by atoms with Gasteiger partial charge >= 0.3 is 0 Å². The van der Waals surface area contributed by atoms with E-state index in [0.717, 1.165) is 0 Å². The third-order valence-corrected chi connectivity index (χ3v) is 3.25. The Morgan fingerprint density at radius 3 is 2.52 bits per heavy atom. The number of phenols is 1. The molecule has 0 aliphatic heterocycles. The van der Waals surface area contributed by atoms with Gasteiger partial charge < -0.3 is 10.0 Å². The largest absolute Gasteiger partial charge is 0.508 e. The molecule has 0 bridgehead atoms. The Balaban J connectivity index is 2.41. The van der Waals surface area contributed by atoms with Crippen molar-refractivity contribution >= 4 is 17.3 Å². The van der Waals surface area contributed by atoms with Crippen molar-refractivity contribution in [1.29, 1.82) is 0 Å². The summed E-state index contributed by atoms with van der Waals surface area (Å²) in [5.74, 6) is -0.329. The quantitative estimate of drug-likeness (QED) is 0.694. The molecule has 0 radical (unpaired) electrons. The third kappa shape index (κ3) is 2.84. The van der Waals surface area contributed by atoms with E-state index in [4.69, 9.17) is 0 Å². The molecule has 0 aromatic heterocycles. The minimum atomic E-state index is -0.513. The van der Waals surface area contributed by atoms with Gasteiger partial charge in [0, 0.05) is 36.0 Å². The predicted octanol–water partition coefficient (Wildman–Crippen LogP) is 2.89. The van der Waals surface area contributed by atoms with Crippen LogP contribution in [0.4, 0.5) is 11.4 Å². The molecule has 2 aromatic carbocycles. The number of nitro benzene ring substituents is 1. The van der Waals surface area contributed by atoms with Crippen LogP contribution in [0.25, 0.3) is 0 Å². The molecule has 108 valence electrons. The number of carbonyl (C=O) groups is 1. The lowest BCUT2D eigenvalue weighted by Crippen LogP contribution is -2.27. The van der Waals surface area contributed by atoms with Crippen LogP contribution in [-0.2, 0) is 0 Å². The van der Waals surface area contributed by atoms with Crippen LogP contribution in [0.5, 0.6) is 5.75 Å². The van der Waals surface area contributed by atoms with E-state index in [0.29, 0.717) is 11.3 Å². The first-order chi connectivity index (χ1) is 9.91. The fourth-order valence-corrected chi connectivity index (χ4v) is 2.05. The Morgan fingerprint density at radius 2 is 1.90 bits per heavy atom. The minimum absolute atomic E-state index is 0.0444. The first-order valence-electron chi connectivity index (χ1n) is 6.23. The standard InChI is InChI=1S/C15H14N2O4/c1-10-13(7-4-8-14(10)17(20)21)15(19)16(2)11-5-3-6-12(18)9-11/h3-9,18H,1-2H3. The molecule has 6 heteroatoms. The Labute approximate surface area is 121 Å². The lowest BCUT2D eigenvalue weighted by molar-refractivity contribution is -0.385. The minimum Gasteiger partial charge on any atom is -0.508 e. The number of anilines is 1. The molecule has 0 saturated heterocycles. The average molecular weight is 286 g/mol.